The fourth-order valence-electron chi connectivity index (χ4n) is 4.25. The van der Waals surface area contributed by atoms with Crippen LogP contribution in [0.4, 0.5) is 32.0 Å². The summed E-state index contributed by atoms with van der Waals surface area (Å²) in [5, 5.41) is 19.0. The molecule has 42 heavy (non-hydrogen) atoms. The smallest absolute Gasteiger partial charge is 0.475 e. The highest BCUT2D eigenvalue weighted by atomic mass is 19.4. The van der Waals surface area contributed by atoms with E-state index in [1.165, 1.54) is 18.5 Å². The number of halogens is 6. The van der Waals surface area contributed by atoms with Crippen LogP contribution in [0.5, 0.6) is 0 Å². The van der Waals surface area contributed by atoms with Crippen molar-refractivity contribution in [2.24, 2.45) is 0 Å². The lowest BCUT2D eigenvalue weighted by atomic mass is 9.97. The summed E-state index contributed by atoms with van der Waals surface area (Å²) in [4.78, 5) is 43.8. The summed E-state index contributed by atoms with van der Waals surface area (Å²) in [6.45, 7) is 3.63. The number of pyridine rings is 2. The second kappa shape index (κ2) is 13.5. The summed E-state index contributed by atoms with van der Waals surface area (Å²) in [6.07, 6.45) is -1.96. The van der Waals surface area contributed by atoms with Gasteiger partial charge in [-0.15, -0.1) is 0 Å². The molecule has 228 valence electrons. The Balaban J connectivity index is 0.000000289. The first-order valence-corrected chi connectivity index (χ1v) is 12.6. The minimum atomic E-state index is -5.08. The normalized spacial score (nSPS) is 17.1. The van der Waals surface area contributed by atoms with Crippen molar-refractivity contribution in [3.8, 4) is 0 Å². The number of carboxylic acids is 2. The van der Waals surface area contributed by atoms with E-state index in [4.69, 9.17) is 29.9 Å². The molecule has 17 heteroatoms. The van der Waals surface area contributed by atoms with Crippen molar-refractivity contribution < 1.29 is 50.9 Å². The summed E-state index contributed by atoms with van der Waals surface area (Å²) in [5.74, 6) is -4.53. The Morgan fingerprint density at radius 3 is 2.02 bits per heavy atom. The van der Waals surface area contributed by atoms with Crippen LogP contribution in [0.2, 0.25) is 0 Å². The molecular formula is C25H26F6N6O5. The van der Waals surface area contributed by atoms with E-state index < -0.39 is 24.3 Å². The van der Waals surface area contributed by atoms with E-state index in [9.17, 15) is 31.1 Å². The van der Waals surface area contributed by atoms with Crippen LogP contribution in [-0.2, 0) is 9.59 Å². The van der Waals surface area contributed by atoms with Crippen molar-refractivity contribution in [3.05, 3.63) is 54.2 Å². The maximum Gasteiger partial charge on any atom is 0.490 e. The molecule has 3 aromatic rings. The van der Waals surface area contributed by atoms with Crippen molar-refractivity contribution >= 4 is 29.2 Å². The molecule has 2 fully saturated rings. The van der Waals surface area contributed by atoms with E-state index in [1.54, 1.807) is 12.3 Å². The first-order chi connectivity index (χ1) is 19.7. The van der Waals surface area contributed by atoms with Gasteiger partial charge in [-0.1, -0.05) is 6.07 Å². The summed E-state index contributed by atoms with van der Waals surface area (Å²) in [7, 11) is 0. The van der Waals surface area contributed by atoms with Gasteiger partial charge in [0.15, 0.2) is 11.5 Å². The van der Waals surface area contributed by atoms with Gasteiger partial charge in [0.25, 0.3) is 5.91 Å². The fourth-order valence-corrected chi connectivity index (χ4v) is 4.25. The molecule has 11 nitrogen and oxygen atoms in total. The SMILES string of the molecule is O=C(O)C(F)(F)F.O=C(O)C(F)(F)F.O=C(c1ccccn1)N1CCCC(c2nc3ccc(N4CCCC4)cn3n2)C1. The van der Waals surface area contributed by atoms with E-state index in [1.807, 2.05) is 27.6 Å². The lowest BCUT2D eigenvalue weighted by Crippen LogP contribution is -2.39. The van der Waals surface area contributed by atoms with Crippen LogP contribution in [-0.4, -0.2) is 91.1 Å². The number of anilines is 1. The van der Waals surface area contributed by atoms with Crippen molar-refractivity contribution in [3.63, 3.8) is 0 Å². The summed E-state index contributed by atoms with van der Waals surface area (Å²) < 4.78 is 65.4. The molecule has 2 aliphatic heterocycles. The quantitative estimate of drug-likeness (QED) is 0.424. The highest BCUT2D eigenvalue weighted by Gasteiger charge is 2.39. The van der Waals surface area contributed by atoms with Crippen LogP contribution in [0, 0.1) is 0 Å². The Hall–Kier alpha value is -4.44. The number of alkyl halides is 6. The maximum absolute atomic E-state index is 12.8. The number of fused-ring (bicyclic) bond motifs is 1. The number of carbonyl (C=O) groups is 3. The van der Waals surface area contributed by atoms with Crippen LogP contribution in [0.3, 0.4) is 0 Å². The highest BCUT2D eigenvalue weighted by Crippen LogP contribution is 2.27. The molecule has 1 amide bonds. The van der Waals surface area contributed by atoms with E-state index >= 15 is 0 Å². The lowest BCUT2D eigenvalue weighted by molar-refractivity contribution is -0.193. The van der Waals surface area contributed by atoms with Crippen LogP contribution in [0.15, 0.2) is 42.7 Å². The van der Waals surface area contributed by atoms with Gasteiger partial charge in [0.2, 0.25) is 0 Å². The Bertz CT molecular complexity index is 1350. The van der Waals surface area contributed by atoms with E-state index in [-0.39, 0.29) is 11.8 Å². The third-order valence-corrected chi connectivity index (χ3v) is 6.25. The summed E-state index contributed by atoms with van der Waals surface area (Å²) in [5.41, 5.74) is 2.57. The van der Waals surface area contributed by atoms with Crippen molar-refractivity contribution in [1.29, 1.82) is 0 Å². The average molecular weight is 605 g/mol. The molecule has 5 heterocycles. The van der Waals surface area contributed by atoms with Gasteiger partial charge in [0.05, 0.1) is 11.9 Å². The summed E-state index contributed by atoms with van der Waals surface area (Å²) in [6, 6.07) is 9.63. The Morgan fingerprint density at radius 1 is 0.857 bits per heavy atom. The Kier molecular flexibility index (Phi) is 10.3. The molecule has 0 radical (unpaired) electrons. The molecule has 1 atom stereocenters. The average Bonchev–Trinajstić information content (AvgIpc) is 3.63. The van der Waals surface area contributed by atoms with Gasteiger partial charge >= 0.3 is 24.3 Å². The van der Waals surface area contributed by atoms with Crippen molar-refractivity contribution in [2.75, 3.05) is 31.1 Å². The van der Waals surface area contributed by atoms with Gasteiger partial charge < -0.3 is 20.0 Å². The van der Waals surface area contributed by atoms with Crippen molar-refractivity contribution in [1.82, 2.24) is 24.5 Å². The number of carboxylic acid groups (broad SMARTS) is 2. The molecule has 2 N–H and O–H groups in total. The molecule has 0 spiro atoms. The van der Waals surface area contributed by atoms with Gasteiger partial charge in [-0.3, -0.25) is 9.78 Å². The number of rotatable bonds is 3. The van der Waals surface area contributed by atoms with Crippen LogP contribution >= 0.6 is 0 Å². The van der Waals surface area contributed by atoms with Gasteiger partial charge in [-0.25, -0.2) is 19.1 Å². The van der Waals surface area contributed by atoms with Gasteiger partial charge in [-0.05, 0) is 49.9 Å². The van der Waals surface area contributed by atoms with E-state index in [2.05, 4.69) is 22.1 Å². The molecule has 2 aliphatic rings. The molecule has 3 aromatic heterocycles. The Labute approximate surface area is 234 Å². The molecule has 0 bridgehead atoms. The molecule has 0 aromatic carbocycles. The largest absolute Gasteiger partial charge is 0.490 e. The number of aliphatic carboxylic acids is 2. The lowest BCUT2D eigenvalue weighted by Gasteiger charge is -2.31. The second-order valence-electron chi connectivity index (χ2n) is 9.27. The number of amides is 1. The number of likely N-dealkylation sites (tertiary alicyclic amines) is 1. The molecule has 0 saturated carbocycles. The molecule has 2 saturated heterocycles. The number of hydrogen-bond acceptors (Lipinski definition) is 7. The molecule has 0 aliphatic carbocycles. The third-order valence-electron chi connectivity index (χ3n) is 6.25. The monoisotopic (exact) mass is 604 g/mol. The zero-order valence-corrected chi connectivity index (χ0v) is 21.8. The highest BCUT2D eigenvalue weighted by molar-refractivity contribution is 5.92. The predicted octanol–water partition coefficient (Wildman–Crippen LogP) is 4.01. The van der Waals surface area contributed by atoms with Crippen molar-refractivity contribution in [2.45, 2.75) is 44.0 Å². The molecule has 1 unspecified atom stereocenters. The molecular weight excluding hydrogens is 578 g/mol. The van der Waals surface area contributed by atoms with Crippen LogP contribution < -0.4 is 4.90 Å². The number of carbonyl (C=O) groups excluding carboxylic acids is 1. The summed E-state index contributed by atoms with van der Waals surface area (Å²) >= 11 is 0. The molecule has 5 rings (SSSR count). The zero-order chi connectivity index (χ0) is 31.1. The number of hydrogen-bond donors (Lipinski definition) is 2. The first kappa shape index (κ1) is 32.1. The Morgan fingerprint density at radius 2 is 1.48 bits per heavy atom. The van der Waals surface area contributed by atoms with Gasteiger partial charge in [0.1, 0.15) is 5.69 Å². The number of aromatic nitrogens is 4. The van der Waals surface area contributed by atoms with Crippen LogP contribution in [0.1, 0.15) is 47.9 Å². The minimum absolute atomic E-state index is 0.00890. The van der Waals surface area contributed by atoms with E-state index in [0.29, 0.717) is 12.2 Å². The zero-order valence-electron chi connectivity index (χ0n) is 21.8. The number of nitrogens with zero attached hydrogens (tertiary/aromatic N) is 6. The minimum Gasteiger partial charge on any atom is -0.475 e. The van der Waals surface area contributed by atoms with Gasteiger partial charge in [0, 0.05) is 38.3 Å². The third kappa shape index (κ3) is 8.78. The second-order valence-corrected chi connectivity index (χ2v) is 9.27. The van der Waals surface area contributed by atoms with E-state index in [0.717, 1.165) is 43.9 Å². The first-order valence-electron chi connectivity index (χ1n) is 12.6. The number of piperidine rings is 1. The maximum atomic E-state index is 12.8. The topological polar surface area (TPSA) is 141 Å². The standard InChI is InChI=1S/C21H24N6O.2C2HF3O2/c28-21(18-7-1-2-10-22-18)26-13-5-6-16(14-26)20-23-19-9-8-17(15-27(19)24-20)25-11-3-4-12-25;2*3-2(4,5)1(6)7/h1-2,7-10,15-16H,3-6,11-14H2;2*(H,6,7). The predicted molar refractivity (Wildman–Crippen MR) is 134 cm³/mol. The van der Waals surface area contributed by atoms with Crippen LogP contribution in [0.25, 0.3) is 5.65 Å². The van der Waals surface area contributed by atoms with Gasteiger partial charge in [-0.2, -0.15) is 31.4 Å². The fraction of sp³-hybridized carbons (Fsp3) is 0.440.